The molecule has 0 atom stereocenters. The summed E-state index contributed by atoms with van der Waals surface area (Å²) in [6, 6.07) is 10.3. The van der Waals surface area contributed by atoms with Gasteiger partial charge in [0.05, 0.1) is 20.8 Å². The Hall–Kier alpha value is -3.82. The van der Waals surface area contributed by atoms with Crippen molar-refractivity contribution in [3.8, 4) is 22.9 Å². The van der Waals surface area contributed by atoms with Crippen LogP contribution in [0.2, 0.25) is 0 Å². The average molecular weight is 415 g/mol. The van der Waals surface area contributed by atoms with Gasteiger partial charge in [-0.3, -0.25) is 4.57 Å². The third kappa shape index (κ3) is 4.77. The van der Waals surface area contributed by atoms with Gasteiger partial charge in [0.1, 0.15) is 17.3 Å². The molecule has 1 aromatic heterocycles. The predicted molar refractivity (Wildman–Crippen MR) is 109 cm³/mol. The first kappa shape index (κ1) is 20.9. The monoisotopic (exact) mass is 415 g/mol. The van der Waals surface area contributed by atoms with Gasteiger partial charge in [0.2, 0.25) is 0 Å². The Labute approximate surface area is 172 Å². The number of urea groups is 1. The van der Waals surface area contributed by atoms with Crippen molar-refractivity contribution >= 4 is 11.7 Å². The lowest BCUT2D eigenvalue weighted by molar-refractivity contribution is 0.251. The minimum absolute atomic E-state index is 0.169. The van der Waals surface area contributed by atoms with Gasteiger partial charge in [-0.1, -0.05) is 0 Å². The van der Waals surface area contributed by atoms with E-state index in [1.165, 1.54) is 35.6 Å². The van der Waals surface area contributed by atoms with Gasteiger partial charge in [-0.15, -0.1) is 5.10 Å². The molecule has 3 rings (SSSR count). The van der Waals surface area contributed by atoms with Crippen molar-refractivity contribution in [2.24, 2.45) is 7.05 Å². The molecular formula is C20H22FN5O4. The van der Waals surface area contributed by atoms with Crippen LogP contribution in [0.3, 0.4) is 0 Å². The van der Waals surface area contributed by atoms with E-state index in [9.17, 15) is 14.0 Å². The number of benzene rings is 2. The largest absolute Gasteiger partial charge is 0.497 e. The van der Waals surface area contributed by atoms with Crippen LogP contribution >= 0.6 is 0 Å². The van der Waals surface area contributed by atoms with Crippen LogP contribution in [-0.4, -0.2) is 41.1 Å². The second-order valence-electron chi connectivity index (χ2n) is 6.38. The summed E-state index contributed by atoms with van der Waals surface area (Å²) in [6.45, 7) is 0.343. The Morgan fingerprint density at radius 3 is 2.33 bits per heavy atom. The van der Waals surface area contributed by atoms with Crippen LogP contribution in [0.1, 0.15) is 0 Å². The number of aromatic nitrogens is 3. The van der Waals surface area contributed by atoms with Crippen molar-refractivity contribution in [1.29, 1.82) is 0 Å². The zero-order chi connectivity index (χ0) is 21.7. The molecular weight excluding hydrogens is 393 g/mol. The number of rotatable bonds is 7. The first-order chi connectivity index (χ1) is 14.4. The van der Waals surface area contributed by atoms with E-state index in [0.717, 1.165) is 0 Å². The molecule has 0 fully saturated rings. The normalized spacial score (nSPS) is 10.5. The maximum absolute atomic E-state index is 13.1. The summed E-state index contributed by atoms with van der Waals surface area (Å²) in [5, 5.41) is 9.62. The van der Waals surface area contributed by atoms with Crippen LogP contribution in [0, 0.1) is 5.82 Å². The molecule has 0 radical (unpaired) electrons. The van der Waals surface area contributed by atoms with E-state index in [2.05, 4.69) is 15.7 Å². The summed E-state index contributed by atoms with van der Waals surface area (Å²) in [4.78, 5) is 24.5. The molecule has 0 aliphatic rings. The Morgan fingerprint density at radius 2 is 1.73 bits per heavy atom. The molecule has 3 aromatic rings. The van der Waals surface area contributed by atoms with Crippen molar-refractivity contribution in [3.63, 3.8) is 0 Å². The third-order valence-electron chi connectivity index (χ3n) is 4.36. The van der Waals surface area contributed by atoms with Crippen LogP contribution in [0.4, 0.5) is 14.9 Å². The maximum Gasteiger partial charge on any atom is 0.345 e. The predicted octanol–water partition coefficient (Wildman–Crippen LogP) is 2.23. The summed E-state index contributed by atoms with van der Waals surface area (Å²) in [5.41, 5.74) is 0.777. The second kappa shape index (κ2) is 9.12. The molecule has 10 heteroatoms. The van der Waals surface area contributed by atoms with Gasteiger partial charge in [-0.25, -0.2) is 18.7 Å². The molecule has 0 aliphatic heterocycles. The van der Waals surface area contributed by atoms with Gasteiger partial charge >= 0.3 is 11.7 Å². The molecule has 0 bridgehead atoms. The second-order valence-corrected chi connectivity index (χ2v) is 6.38. The highest BCUT2D eigenvalue weighted by atomic mass is 19.1. The Bertz CT molecular complexity index is 1070. The zero-order valence-electron chi connectivity index (χ0n) is 16.8. The van der Waals surface area contributed by atoms with Gasteiger partial charge in [0.15, 0.2) is 5.82 Å². The third-order valence-corrected chi connectivity index (χ3v) is 4.36. The highest BCUT2D eigenvalue weighted by molar-refractivity contribution is 5.89. The van der Waals surface area contributed by atoms with E-state index in [1.807, 2.05) is 0 Å². The quantitative estimate of drug-likeness (QED) is 0.617. The number of nitrogens with zero attached hydrogens (tertiary/aromatic N) is 3. The number of methoxy groups -OCH3 is 2. The first-order valence-electron chi connectivity index (χ1n) is 9.09. The Balaban J connectivity index is 1.61. The van der Waals surface area contributed by atoms with E-state index < -0.39 is 6.03 Å². The van der Waals surface area contributed by atoms with E-state index in [0.29, 0.717) is 28.6 Å². The molecule has 2 N–H and O–H groups in total. The van der Waals surface area contributed by atoms with E-state index in [4.69, 9.17) is 9.47 Å². The first-order valence-corrected chi connectivity index (χ1v) is 9.09. The number of hydrogen-bond acceptors (Lipinski definition) is 5. The number of hydrogen-bond donors (Lipinski definition) is 2. The lowest BCUT2D eigenvalue weighted by Crippen LogP contribution is -2.34. The molecule has 2 amide bonds. The van der Waals surface area contributed by atoms with Crippen molar-refractivity contribution in [1.82, 2.24) is 19.7 Å². The molecule has 2 aromatic carbocycles. The molecule has 0 spiro atoms. The standard InChI is InChI=1S/C20H22FN5O4/c1-25-18(13-4-6-14(21)7-5-13)24-26(20(25)28)9-8-22-19(27)23-15-10-16(29-2)12-17(11-15)30-3/h4-7,10-12H,8-9H2,1-3H3,(H2,22,23,27). The summed E-state index contributed by atoms with van der Waals surface area (Å²) >= 11 is 0. The van der Waals surface area contributed by atoms with Crippen LogP contribution < -0.4 is 25.8 Å². The van der Waals surface area contributed by atoms with Crippen LogP contribution in [-0.2, 0) is 13.6 Å². The zero-order valence-corrected chi connectivity index (χ0v) is 16.8. The number of ether oxygens (including phenoxy) is 2. The summed E-state index contributed by atoms with van der Waals surface area (Å²) in [5.74, 6) is 1.12. The minimum Gasteiger partial charge on any atom is -0.497 e. The van der Waals surface area contributed by atoms with Crippen molar-refractivity contribution in [3.05, 3.63) is 58.8 Å². The summed E-state index contributed by atoms with van der Waals surface area (Å²) in [7, 11) is 4.62. The summed E-state index contributed by atoms with van der Waals surface area (Å²) < 4.78 is 26.1. The molecule has 0 unspecified atom stereocenters. The molecule has 0 aliphatic carbocycles. The number of carbonyl (C=O) groups is 1. The fraction of sp³-hybridized carbons (Fsp3) is 0.250. The maximum atomic E-state index is 13.1. The highest BCUT2D eigenvalue weighted by Crippen LogP contribution is 2.25. The van der Waals surface area contributed by atoms with E-state index >= 15 is 0 Å². The van der Waals surface area contributed by atoms with Gasteiger partial charge in [0, 0.05) is 43.0 Å². The lowest BCUT2D eigenvalue weighted by atomic mass is 10.2. The van der Waals surface area contributed by atoms with Crippen molar-refractivity contribution in [2.75, 3.05) is 26.1 Å². The number of amides is 2. The average Bonchev–Trinajstić information content (AvgIpc) is 3.02. The summed E-state index contributed by atoms with van der Waals surface area (Å²) in [6.07, 6.45) is 0. The number of carbonyl (C=O) groups excluding carboxylic acids is 1. The van der Waals surface area contributed by atoms with Crippen molar-refractivity contribution in [2.45, 2.75) is 6.54 Å². The number of halogens is 1. The highest BCUT2D eigenvalue weighted by Gasteiger charge is 2.12. The topological polar surface area (TPSA) is 99.4 Å². The van der Waals surface area contributed by atoms with Gasteiger partial charge in [0.25, 0.3) is 0 Å². The van der Waals surface area contributed by atoms with Crippen LogP contribution in [0.25, 0.3) is 11.4 Å². The van der Waals surface area contributed by atoms with Crippen LogP contribution in [0.5, 0.6) is 11.5 Å². The smallest absolute Gasteiger partial charge is 0.345 e. The molecule has 158 valence electrons. The molecule has 9 nitrogen and oxygen atoms in total. The molecule has 0 saturated heterocycles. The fourth-order valence-electron chi connectivity index (χ4n) is 2.81. The van der Waals surface area contributed by atoms with Gasteiger partial charge in [-0.05, 0) is 24.3 Å². The molecule has 0 saturated carbocycles. The number of nitrogens with one attached hydrogen (secondary N) is 2. The molecule has 30 heavy (non-hydrogen) atoms. The van der Waals surface area contributed by atoms with Crippen LogP contribution in [0.15, 0.2) is 47.3 Å². The fourth-order valence-corrected chi connectivity index (χ4v) is 2.81. The Kier molecular flexibility index (Phi) is 6.35. The van der Waals surface area contributed by atoms with Gasteiger partial charge in [-0.2, -0.15) is 0 Å². The SMILES string of the molecule is COc1cc(NC(=O)NCCn2nc(-c3ccc(F)cc3)n(C)c2=O)cc(OC)c1. The minimum atomic E-state index is -0.451. The number of anilines is 1. The Morgan fingerprint density at radius 1 is 1.10 bits per heavy atom. The van der Waals surface area contributed by atoms with Crippen molar-refractivity contribution < 1.29 is 18.7 Å². The van der Waals surface area contributed by atoms with E-state index in [1.54, 1.807) is 37.4 Å². The molecule has 1 heterocycles. The van der Waals surface area contributed by atoms with E-state index in [-0.39, 0.29) is 24.6 Å². The lowest BCUT2D eigenvalue weighted by Gasteiger charge is -2.10. The van der Waals surface area contributed by atoms with Gasteiger partial charge < -0.3 is 20.1 Å².